The molecule has 0 N–H and O–H groups in total. The van der Waals surface area contributed by atoms with Crippen molar-refractivity contribution in [3.05, 3.63) is 28.1 Å². The van der Waals surface area contributed by atoms with Gasteiger partial charge in [0.25, 0.3) is 0 Å². The molecular formula is C12H14BrN3. The van der Waals surface area contributed by atoms with Crippen LogP contribution in [-0.2, 0) is 0 Å². The molecule has 1 aliphatic rings. The molecule has 2 aromatic heterocycles. The van der Waals surface area contributed by atoms with Crippen LogP contribution in [0.4, 0.5) is 0 Å². The van der Waals surface area contributed by atoms with E-state index in [1.165, 1.54) is 18.4 Å². The quantitative estimate of drug-likeness (QED) is 0.788. The van der Waals surface area contributed by atoms with Crippen molar-refractivity contribution >= 4 is 21.6 Å². The third-order valence-corrected chi connectivity index (χ3v) is 3.61. The molecule has 16 heavy (non-hydrogen) atoms. The summed E-state index contributed by atoms with van der Waals surface area (Å²) in [6.45, 7) is 4.38. The van der Waals surface area contributed by atoms with E-state index in [0.29, 0.717) is 11.8 Å². The average molecular weight is 280 g/mol. The molecule has 0 saturated heterocycles. The van der Waals surface area contributed by atoms with Gasteiger partial charge in [-0.2, -0.15) is 0 Å². The van der Waals surface area contributed by atoms with Gasteiger partial charge in [0.2, 0.25) is 0 Å². The average Bonchev–Trinajstić information content (AvgIpc) is 2.98. The summed E-state index contributed by atoms with van der Waals surface area (Å²) >= 11 is 3.56. The van der Waals surface area contributed by atoms with E-state index in [2.05, 4.69) is 52.0 Å². The monoisotopic (exact) mass is 279 g/mol. The van der Waals surface area contributed by atoms with E-state index < -0.39 is 0 Å². The molecule has 3 rings (SSSR count). The highest BCUT2D eigenvalue weighted by atomic mass is 79.9. The minimum atomic E-state index is 0.516. The van der Waals surface area contributed by atoms with Crippen molar-refractivity contribution in [1.29, 1.82) is 0 Å². The highest BCUT2D eigenvalue weighted by Crippen LogP contribution is 2.38. The van der Waals surface area contributed by atoms with Crippen LogP contribution in [0.25, 0.3) is 5.65 Å². The standard InChI is InChI=1S/C12H14BrN3/c1-7(2)9-5-10(13)16-11(6-9)14-12(15-16)8-3-4-8/h5-8H,3-4H2,1-2H3. The normalized spacial score (nSPS) is 16.2. The number of hydrogen-bond donors (Lipinski definition) is 0. The number of pyridine rings is 1. The van der Waals surface area contributed by atoms with E-state index in [4.69, 9.17) is 0 Å². The van der Waals surface area contributed by atoms with Crippen LogP contribution in [0.2, 0.25) is 0 Å². The summed E-state index contributed by atoms with van der Waals surface area (Å²) in [5, 5.41) is 4.53. The van der Waals surface area contributed by atoms with Crippen molar-refractivity contribution in [3.8, 4) is 0 Å². The number of nitrogens with zero attached hydrogens (tertiary/aromatic N) is 3. The number of halogens is 1. The van der Waals surface area contributed by atoms with Gasteiger partial charge in [0.05, 0.1) is 0 Å². The zero-order chi connectivity index (χ0) is 11.3. The first-order valence-corrected chi connectivity index (χ1v) is 6.50. The fraction of sp³-hybridized carbons (Fsp3) is 0.500. The Morgan fingerprint density at radius 3 is 2.75 bits per heavy atom. The zero-order valence-electron chi connectivity index (χ0n) is 9.44. The van der Waals surface area contributed by atoms with Crippen LogP contribution in [0.1, 0.15) is 49.9 Å². The third-order valence-electron chi connectivity index (χ3n) is 3.04. The lowest BCUT2D eigenvalue weighted by atomic mass is 10.1. The van der Waals surface area contributed by atoms with E-state index >= 15 is 0 Å². The van der Waals surface area contributed by atoms with Gasteiger partial charge in [0, 0.05) is 5.92 Å². The highest BCUT2D eigenvalue weighted by molar-refractivity contribution is 9.10. The first-order valence-electron chi connectivity index (χ1n) is 5.71. The molecule has 0 amide bonds. The zero-order valence-corrected chi connectivity index (χ0v) is 11.0. The number of fused-ring (bicyclic) bond motifs is 1. The summed E-state index contributed by atoms with van der Waals surface area (Å²) in [4.78, 5) is 4.60. The Kier molecular flexibility index (Phi) is 2.28. The highest BCUT2D eigenvalue weighted by Gasteiger charge is 2.28. The van der Waals surface area contributed by atoms with Crippen LogP contribution in [-0.4, -0.2) is 14.6 Å². The first kappa shape index (κ1) is 10.3. The van der Waals surface area contributed by atoms with Crippen molar-refractivity contribution in [2.75, 3.05) is 0 Å². The summed E-state index contributed by atoms with van der Waals surface area (Å²) in [6, 6.07) is 4.26. The van der Waals surface area contributed by atoms with Crippen molar-refractivity contribution in [2.24, 2.45) is 0 Å². The maximum atomic E-state index is 4.60. The largest absolute Gasteiger partial charge is 0.212 e. The molecule has 0 spiro atoms. The number of rotatable bonds is 2. The maximum Gasteiger partial charge on any atom is 0.157 e. The smallest absolute Gasteiger partial charge is 0.157 e. The van der Waals surface area contributed by atoms with Gasteiger partial charge >= 0.3 is 0 Å². The summed E-state index contributed by atoms with van der Waals surface area (Å²) in [5.74, 6) is 2.12. The van der Waals surface area contributed by atoms with Gasteiger partial charge in [0.1, 0.15) is 4.60 Å². The van der Waals surface area contributed by atoms with E-state index in [1.54, 1.807) is 0 Å². The SMILES string of the molecule is CC(C)c1cc(Br)n2nc(C3CC3)nc2c1. The van der Waals surface area contributed by atoms with Crippen LogP contribution < -0.4 is 0 Å². The van der Waals surface area contributed by atoms with Gasteiger partial charge < -0.3 is 0 Å². The fourth-order valence-corrected chi connectivity index (χ4v) is 2.35. The Labute approximate surface area is 103 Å². The summed E-state index contributed by atoms with van der Waals surface area (Å²) < 4.78 is 2.88. The number of hydrogen-bond acceptors (Lipinski definition) is 2. The summed E-state index contributed by atoms with van der Waals surface area (Å²) in [6.07, 6.45) is 2.48. The van der Waals surface area contributed by atoms with E-state index in [0.717, 1.165) is 16.1 Å². The lowest BCUT2D eigenvalue weighted by Crippen LogP contribution is -1.95. The molecular weight excluding hydrogens is 266 g/mol. The Morgan fingerprint density at radius 1 is 1.38 bits per heavy atom. The van der Waals surface area contributed by atoms with Gasteiger partial charge in [-0.05, 0) is 52.4 Å². The molecule has 0 unspecified atom stereocenters. The minimum Gasteiger partial charge on any atom is -0.212 e. The van der Waals surface area contributed by atoms with Gasteiger partial charge in [0.15, 0.2) is 11.5 Å². The predicted molar refractivity (Wildman–Crippen MR) is 66.8 cm³/mol. The molecule has 84 valence electrons. The minimum absolute atomic E-state index is 0.516. The van der Waals surface area contributed by atoms with Crippen molar-refractivity contribution in [3.63, 3.8) is 0 Å². The van der Waals surface area contributed by atoms with E-state index in [1.807, 2.05) is 4.52 Å². The molecule has 0 radical (unpaired) electrons. The van der Waals surface area contributed by atoms with Crippen molar-refractivity contribution in [2.45, 2.75) is 38.5 Å². The van der Waals surface area contributed by atoms with Gasteiger partial charge in [-0.3, -0.25) is 0 Å². The molecule has 0 aliphatic heterocycles. The Bertz CT molecular complexity index is 540. The van der Waals surface area contributed by atoms with E-state index in [-0.39, 0.29) is 0 Å². The third kappa shape index (κ3) is 1.65. The molecule has 2 aromatic rings. The Hall–Kier alpha value is -0.900. The Morgan fingerprint density at radius 2 is 2.12 bits per heavy atom. The predicted octanol–water partition coefficient (Wildman–Crippen LogP) is 3.49. The van der Waals surface area contributed by atoms with Crippen LogP contribution in [0.5, 0.6) is 0 Å². The second kappa shape index (κ2) is 3.55. The second-order valence-corrected chi connectivity index (χ2v) is 5.59. The fourth-order valence-electron chi connectivity index (χ4n) is 1.83. The van der Waals surface area contributed by atoms with Crippen LogP contribution in [0.15, 0.2) is 16.7 Å². The summed E-state index contributed by atoms with van der Waals surface area (Å²) in [7, 11) is 0. The topological polar surface area (TPSA) is 30.2 Å². The number of aromatic nitrogens is 3. The lowest BCUT2D eigenvalue weighted by molar-refractivity contribution is 0.836. The van der Waals surface area contributed by atoms with E-state index in [9.17, 15) is 0 Å². The maximum absolute atomic E-state index is 4.60. The van der Waals surface area contributed by atoms with Crippen LogP contribution in [0, 0.1) is 0 Å². The molecule has 0 bridgehead atoms. The molecule has 2 heterocycles. The molecule has 0 aromatic carbocycles. The van der Waals surface area contributed by atoms with Gasteiger partial charge in [-0.1, -0.05) is 13.8 Å². The Balaban J connectivity index is 2.17. The molecule has 3 nitrogen and oxygen atoms in total. The first-order chi connectivity index (χ1) is 7.65. The van der Waals surface area contributed by atoms with Gasteiger partial charge in [-0.25, -0.2) is 9.50 Å². The van der Waals surface area contributed by atoms with Crippen molar-refractivity contribution < 1.29 is 0 Å². The van der Waals surface area contributed by atoms with Crippen LogP contribution >= 0.6 is 15.9 Å². The molecule has 4 heteroatoms. The second-order valence-electron chi connectivity index (χ2n) is 4.78. The molecule has 1 aliphatic carbocycles. The molecule has 1 fully saturated rings. The van der Waals surface area contributed by atoms with Crippen molar-refractivity contribution in [1.82, 2.24) is 14.6 Å². The molecule has 0 atom stereocenters. The van der Waals surface area contributed by atoms with Crippen LogP contribution in [0.3, 0.4) is 0 Å². The summed E-state index contributed by atoms with van der Waals surface area (Å²) in [5.41, 5.74) is 2.26. The molecule has 1 saturated carbocycles. The lowest BCUT2D eigenvalue weighted by Gasteiger charge is -2.06. The van der Waals surface area contributed by atoms with Gasteiger partial charge in [-0.15, -0.1) is 5.10 Å².